The quantitative estimate of drug-likeness (QED) is 0.759. The molecule has 0 aliphatic carbocycles. The molecule has 0 fully saturated rings. The predicted octanol–water partition coefficient (Wildman–Crippen LogP) is 2.13. The fourth-order valence-corrected chi connectivity index (χ4v) is 2.16. The molecule has 0 aliphatic rings. The van der Waals surface area contributed by atoms with Gasteiger partial charge in [-0.1, -0.05) is 0 Å². The summed E-state index contributed by atoms with van der Waals surface area (Å²) in [6.45, 7) is 3.48. The van der Waals surface area contributed by atoms with Gasteiger partial charge < -0.3 is 14.7 Å². The molecule has 0 aromatic carbocycles. The van der Waals surface area contributed by atoms with Crippen LogP contribution in [0.2, 0.25) is 0 Å². The van der Waals surface area contributed by atoms with Gasteiger partial charge in [0.1, 0.15) is 17.4 Å². The summed E-state index contributed by atoms with van der Waals surface area (Å²) in [4.78, 5) is 7.48. The van der Waals surface area contributed by atoms with E-state index in [0.29, 0.717) is 18.8 Å². The number of hydrogen-bond donors (Lipinski definition) is 2. The number of rotatable bonds is 4. The van der Waals surface area contributed by atoms with Crippen molar-refractivity contribution in [1.82, 2.24) is 19.7 Å². The van der Waals surface area contributed by atoms with Crippen molar-refractivity contribution in [3.8, 4) is 6.07 Å². The third kappa shape index (κ3) is 2.56. The van der Waals surface area contributed by atoms with Crippen molar-refractivity contribution in [3.63, 3.8) is 0 Å². The number of aromatic nitrogens is 3. The summed E-state index contributed by atoms with van der Waals surface area (Å²) in [7, 11) is 0. The van der Waals surface area contributed by atoms with Gasteiger partial charge in [-0.2, -0.15) is 5.26 Å². The van der Waals surface area contributed by atoms with E-state index in [2.05, 4.69) is 40.4 Å². The van der Waals surface area contributed by atoms with Gasteiger partial charge in [-0.15, -0.1) is 0 Å². The van der Waals surface area contributed by atoms with Crippen molar-refractivity contribution in [2.75, 3.05) is 0 Å². The zero-order valence-corrected chi connectivity index (χ0v) is 11.2. The zero-order valence-electron chi connectivity index (χ0n) is 11.2. The number of nitrogens with one attached hydrogen (secondary N) is 2. The lowest BCUT2D eigenvalue weighted by molar-refractivity contribution is 0.683. The Hall–Kier alpha value is -2.58. The SMILES string of the molecule is Cc1ccn2cc(CNCc3c[nH]c(C#N)c3)nc2c1. The predicted molar refractivity (Wildman–Crippen MR) is 76.0 cm³/mol. The normalized spacial score (nSPS) is 10.8. The van der Waals surface area contributed by atoms with Crippen molar-refractivity contribution in [2.45, 2.75) is 20.0 Å². The molecule has 5 heteroatoms. The summed E-state index contributed by atoms with van der Waals surface area (Å²) in [5.41, 5.74) is 4.84. The Morgan fingerprint density at radius 3 is 3.10 bits per heavy atom. The van der Waals surface area contributed by atoms with Crippen LogP contribution in [0.25, 0.3) is 5.65 Å². The van der Waals surface area contributed by atoms with Crippen LogP contribution in [-0.2, 0) is 13.1 Å². The minimum absolute atomic E-state index is 0.588. The summed E-state index contributed by atoms with van der Waals surface area (Å²) >= 11 is 0. The van der Waals surface area contributed by atoms with E-state index in [-0.39, 0.29) is 0 Å². The van der Waals surface area contributed by atoms with E-state index >= 15 is 0 Å². The topological polar surface area (TPSA) is 68.9 Å². The molecule has 0 aliphatic heterocycles. The zero-order chi connectivity index (χ0) is 13.9. The summed E-state index contributed by atoms with van der Waals surface area (Å²) in [6.07, 6.45) is 5.89. The van der Waals surface area contributed by atoms with E-state index in [1.54, 1.807) is 0 Å². The van der Waals surface area contributed by atoms with Crippen molar-refractivity contribution in [2.24, 2.45) is 0 Å². The molecule has 20 heavy (non-hydrogen) atoms. The van der Waals surface area contributed by atoms with Gasteiger partial charge >= 0.3 is 0 Å². The van der Waals surface area contributed by atoms with E-state index < -0.39 is 0 Å². The third-order valence-corrected chi connectivity index (χ3v) is 3.16. The number of aromatic amines is 1. The fraction of sp³-hybridized carbons (Fsp3) is 0.200. The van der Waals surface area contributed by atoms with Gasteiger partial charge in [0.05, 0.1) is 5.69 Å². The Morgan fingerprint density at radius 1 is 1.40 bits per heavy atom. The first-order valence-electron chi connectivity index (χ1n) is 6.47. The highest BCUT2D eigenvalue weighted by atomic mass is 15.0. The van der Waals surface area contributed by atoms with Crippen molar-refractivity contribution >= 4 is 5.65 Å². The van der Waals surface area contributed by atoms with E-state index in [4.69, 9.17) is 5.26 Å². The minimum Gasteiger partial charge on any atom is -0.353 e. The van der Waals surface area contributed by atoms with Gasteiger partial charge in [0.15, 0.2) is 0 Å². The maximum atomic E-state index is 8.74. The number of hydrogen-bond acceptors (Lipinski definition) is 3. The third-order valence-electron chi connectivity index (χ3n) is 3.16. The molecule has 0 unspecified atom stereocenters. The summed E-state index contributed by atoms with van der Waals surface area (Å²) in [6, 6.07) is 8.06. The van der Waals surface area contributed by atoms with E-state index in [1.165, 1.54) is 5.56 Å². The molecule has 3 aromatic rings. The minimum atomic E-state index is 0.588. The highest BCUT2D eigenvalue weighted by molar-refractivity contribution is 5.42. The molecule has 0 saturated carbocycles. The fourth-order valence-electron chi connectivity index (χ4n) is 2.16. The van der Waals surface area contributed by atoms with Crippen LogP contribution in [0.5, 0.6) is 0 Å². The van der Waals surface area contributed by atoms with E-state index in [0.717, 1.165) is 16.9 Å². The number of imidazole rings is 1. The second-order valence-electron chi connectivity index (χ2n) is 4.84. The maximum Gasteiger partial charge on any atom is 0.137 e. The lowest BCUT2D eigenvalue weighted by Crippen LogP contribution is -2.12. The lowest BCUT2D eigenvalue weighted by Gasteiger charge is -1.99. The monoisotopic (exact) mass is 265 g/mol. The van der Waals surface area contributed by atoms with Gasteiger partial charge in [0.25, 0.3) is 0 Å². The van der Waals surface area contributed by atoms with Gasteiger partial charge in [-0.05, 0) is 36.2 Å². The van der Waals surface area contributed by atoms with Crippen molar-refractivity contribution in [3.05, 3.63) is 59.3 Å². The van der Waals surface area contributed by atoms with Crippen LogP contribution in [0.1, 0.15) is 22.5 Å². The molecule has 5 nitrogen and oxygen atoms in total. The number of pyridine rings is 1. The lowest BCUT2D eigenvalue weighted by atomic mass is 10.3. The van der Waals surface area contributed by atoms with Gasteiger partial charge in [-0.3, -0.25) is 0 Å². The molecule has 0 atom stereocenters. The van der Waals surface area contributed by atoms with Crippen LogP contribution in [0, 0.1) is 18.3 Å². The summed E-state index contributed by atoms with van der Waals surface area (Å²) in [5.74, 6) is 0. The molecular weight excluding hydrogens is 250 g/mol. The number of nitriles is 1. The van der Waals surface area contributed by atoms with Crippen molar-refractivity contribution < 1.29 is 0 Å². The molecule has 3 rings (SSSR count). The number of nitrogens with zero attached hydrogens (tertiary/aromatic N) is 3. The Labute approximate surface area is 116 Å². The standard InChI is InChI=1S/C15H15N5/c1-11-2-3-20-10-14(19-15(20)4-11)9-17-7-12-5-13(6-16)18-8-12/h2-5,8,10,17-18H,7,9H2,1H3. The van der Waals surface area contributed by atoms with Crippen LogP contribution in [-0.4, -0.2) is 14.4 Å². The van der Waals surface area contributed by atoms with Crippen LogP contribution >= 0.6 is 0 Å². The smallest absolute Gasteiger partial charge is 0.137 e. The second kappa shape index (κ2) is 5.19. The molecule has 3 aromatic heterocycles. The summed E-state index contributed by atoms with van der Waals surface area (Å²) < 4.78 is 2.02. The van der Waals surface area contributed by atoms with Crippen LogP contribution < -0.4 is 5.32 Å². The molecule has 0 spiro atoms. The molecule has 0 saturated heterocycles. The Kier molecular flexibility index (Phi) is 3.23. The molecule has 3 heterocycles. The van der Waals surface area contributed by atoms with Gasteiger partial charge in [0, 0.05) is 31.7 Å². The first kappa shape index (κ1) is 12.5. The van der Waals surface area contributed by atoms with Gasteiger partial charge in [-0.25, -0.2) is 4.98 Å². The molecule has 0 amide bonds. The van der Waals surface area contributed by atoms with E-state index in [9.17, 15) is 0 Å². The highest BCUT2D eigenvalue weighted by Gasteiger charge is 2.02. The largest absolute Gasteiger partial charge is 0.353 e. The molecule has 100 valence electrons. The average Bonchev–Trinajstić information content (AvgIpc) is 3.04. The second-order valence-corrected chi connectivity index (χ2v) is 4.84. The maximum absolute atomic E-state index is 8.74. The molecule has 0 bridgehead atoms. The highest BCUT2D eigenvalue weighted by Crippen LogP contribution is 2.08. The van der Waals surface area contributed by atoms with Crippen LogP contribution in [0.15, 0.2) is 36.8 Å². The Morgan fingerprint density at radius 2 is 2.30 bits per heavy atom. The molecule has 0 radical (unpaired) electrons. The Balaban J connectivity index is 1.63. The van der Waals surface area contributed by atoms with Crippen molar-refractivity contribution in [1.29, 1.82) is 5.26 Å². The first-order chi connectivity index (χ1) is 9.74. The first-order valence-corrected chi connectivity index (χ1v) is 6.47. The Bertz CT molecular complexity index is 775. The average molecular weight is 265 g/mol. The summed E-state index contributed by atoms with van der Waals surface area (Å²) in [5, 5.41) is 12.1. The molecular formula is C15H15N5. The van der Waals surface area contributed by atoms with Crippen LogP contribution in [0.4, 0.5) is 0 Å². The van der Waals surface area contributed by atoms with Gasteiger partial charge in [0.2, 0.25) is 0 Å². The van der Waals surface area contributed by atoms with E-state index in [1.807, 2.05) is 29.1 Å². The number of aryl methyl sites for hydroxylation is 1. The van der Waals surface area contributed by atoms with Crippen LogP contribution in [0.3, 0.4) is 0 Å². The number of fused-ring (bicyclic) bond motifs is 1. The number of H-pyrrole nitrogens is 1. The molecule has 2 N–H and O–H groups in total.